The molecule has 0 fully saturated rings. The molecule has 0 radical (unpaired) electrons. The SMILES string of the molecule is NCC(Cc1ccccc1)C(=O)Nc1ccc(F)c(F)c1. The molecule has 0 bridgehead atoms. The monoisotopic (exact) mass is 290 g/mol. The number of halogens is 2. The van der Waals surface area contributed by atoms with Gasteiger partial charge in [0.05, 0.1) is 5.92 Å². The van der Waals surface area contributed by atoms with Gasteiger partial charge in [0.15, 0.2) is 11.6 Å². The lowest BCUT2D eigenvalue weighted by atomic mass is 9.98. The van der Waals surface area contributed by atoms with Crippen molar-refractivity contribution in [1.29, 1.82) is 0 Å². The van der Waals surface area contributed by atoms with Crippen LogP contribution in [0, 0.1) is 17.6 Å². The van der Waals surface area contributed by atoms with Crippen molar-refractivity contribution in [1.82, 2.24) is 0 Å². The van der Waals surface area contributed by atoms with Gasteiger partial charge in [-0.2, -0.15) is 0 Å². The molecule has 0 spiro atoms. The third-order valence-corrected chi connectivity index (χ3v) is 3.17. The Labute approximate surface area is 121 Å². The Morgan fingerprint density at radius 1 is 1.10 bits per heavy atom. The summed E-state index contributed by atoms with van der Waals surface area (Å²) in [6.07, 6.45) is 0.493. The number of anilines is 1. The lowest BCUT2D eigenvalue weighted by Gasteiger charge is -2.15. The first-order valence-electron chi connectivity index (χ1n) is 6.60. The lowest BCUT2D eigenvalue weighted by molar-refractivity contribution is -0.119. The van der Waals surface area contributed by atoms with Crippen LogP contribution in [0.4, 0.5) is 14.5 Å². The van der Waals surface area contributed by atoms with E-state index in [1.54, 1.807) is 0 Å². The van der Waals surface area contributed by atoms with Gasteiger partial charge in [0.1, 0.15) is 0 Å². The van der Waals surface area contributed by atoms with Crippen molar-refractivity contribution >= 4 is 11.6 Å². The molecule has 21 heavy (non-hydrogen) atoms. The number of carbonyl (C=O) groups is 1. The second-order valence-corrected chi connectivity index (χ2v) is 4.74. The minimum Gasteiger partial charge on any atom is -0.330 e. The summed E-state index contributed by atoms with van der Waals surface area (Å²) in [6.45, 7) is 0.171. The van der Waals surface area contributed by atoms with Crippen molar-refractivity contribution < 1.29 is 13.6 Å². The minimum atomic E-state index is -1.000. The fourth-order valence-corrected chi connectivity index (χ4v) is 2.00. The van der Waals surface area contributed by atoms with Gasteiger partial charge in [-0.1, -0.05) is 30.3 Å². The molecule has 3 N–H and O–H groups in total. The highest BCUT2D eigenvalue weighted by Gasteiger charge is 2.18. The van der Waals surface area contributed by atoms with Gasteiger partial charge < -0.3 is 11.1 Å². The second kappa shape index (κ2) is 6.95. The van der Waals surface area contributed by atoms with Gasteiger partial charge in [0.2, 0.25) is 5.91 Å². The van der Waals surface area contributed by atoms with E-state index in [1.807, 2.05) is 30.3 Å². The van der Waals surface area contributed by atoms with E-state index < -0.39 is 17.6 Å². The highest BCUT2D eigenvalue weighted by molar-refractivity contribution is 5.92. The number of hydrogen-bond acceptors (Lipinski definition) is 2. The van der Waals surface area contributed by atoms with E-state index in [2.05, 4.69) is 5.32 Å². The summed E-state index contributed by atoms with van der Waals surface area (Å²) < 4.78 is 25.9. The minimum absolute atomic E-state index is 0.171. The standard InChI is InChI=1S/C16H16F2N2O/c17-14-7-6-13(9-15(14)18)20-16(21)12(10-19)8-11-4-2-1-3-5-11/h1-7,9,12H,8,10,19H2,(H,20,21). The maximum atomic E-state index is 13.1. The third kappa shape index (κ3) is 4.10. The summed E-state index contributed by atoms with van der Waals surface area (Å²) in [4.78, 5) is 12.1. The zero-order chi connectivity index (χ0) is 15.2. The van der Waals surface area contributed by atoms with E-state index in [0.717, 1.165) is 17.7 Å². The van der Waals surface area contributed by atoms with Crippen molar-refractivity contribution in [3.63, 3.8) is 0 Å². The molecule has 1 amide bonds. The van der Waals surface area contributed by atoms with Crippen molar-refractivity contribution in [2.75, 3.05) is 11.9 Å². The molecule has 3 nitrogen and oxygen atoms in total. The Hall–Kier alpha value is -2.27. The predicted molar refractivity (Wildman–Crippen MR) is 77.7 cm³/mol. The van der Waals surface area contributed by atoms with Crippen molar-refractivity contribution in [2.45, 2.75) is 6.42 Å². The molecule has 0 aliphatic heterocycles. The van der Waals surface area contributed by atoms with Gasteiger partial charge in [-0.25, -0.2) is 8.78 Å². The smallest absolute Gasteiger partial charge is 0.229 e. The molecular formula is C16H16F2N2O. The number of carbonyl (C=O) groups excluding carboxylic acids is 1. The third-order valence-electron chi connectivity index (χ3n) is 3.17. The molecule has 0 aliphatic rings. The van der Waals surface area contributed by atoms with E-state index in [4.69, 9.17) is 5.73 Å². The van der Waals surface area contributed by atoms with Crippen molar-refractivity contribution in [3.8, 4) is 0 Å². The summed E-state index contributed by atoms with van der Waals surface area (Å²) in [7, 11) is 0. The average molecular weight is 290 g/mol. The number of benzene rings is 2. The van der Waals surface area contributed by atoms with Gasteiger partial charge in [-0.05, 0) is 24.1 Å². The van der Waals surface area contributed by atoms with Gasteiger partial charge in [0.25, 0.3) is 0 Å². The fourth-order valence-electron chi connectivity index (χ4n) is 2.00. The van der Waals surface area contributed by atoms with Crippen LogP contribution in [0.5, 0.6) is 0 Å². The molecule has 2 aromatic carbocycles. The summed E-state index contributed by atoms with van der Waals surface area (Å²) in [5.74, 6) is -2.69. The molecule has 110 valence electrons. The summed E-state index contributed by atoms with van der Waals surface area (Å²) in [6, 6.07) is 12.7. The number of amides is 1. The van der Waals surface area contributed by atoms with Crippen LogP contribution in [-0.4, -0.2) is 12.5 Å². The predicted octanol–water partition coefficient (Wildman–Crippen LogP) is 2.72. The fraction of sp³-hybridized carbons (Fsp3) is 0.188. The van der Waals surface area contributed by atoms with Crippen molar-refractivity contribution in [3.05, 3.63) is 65.7 Å². The molecule has 0 heterocycles. The molecule has 5 heteroatoms. The highest BCUT2D eigenvalue weighted by Crippen LogP contribution is 2.15. The molecule has 0 saturated carbocycles. The first kappa shape index (κ1) is 15.1. The van der Waals surface area contributed by atoms with E-state index in [0.29, 0.717) is 6.42 Å². The van der Waals surface area contributed by atoms with Gasteiger partial charge in [0, 0.05) is 18.3 Å². The van der Waals surface area contributed by atoms with Gasteiger partial charge in [-0.15, -0.1) is 0 Å². The number of hydrogen-bond donors (Lipinski definition) is 2. The largest absolute Gasteiger partial charge is 0.330 e. The molecule has 0 aromatic heterocycles. The molecular weight excluding hydrogens is 274 g/mol. The van der Waals surface area contributed by atoms with Crippen LogP contribution in [0.15, 0.2) is 48.5 Å². The van der Waals surface area contributed by atoms with E-state index in [9.17, 15) is 13.6 Å². The molecule has 2 rings (SSSR count). The lowest BCUT2D eigenvalue weighted by Crippen LogP contribution is -2.31. The summed E-state index contributed by atoms with van der Waals surface area (Å²) in [5, 5.41) is 2.56. The molecule has 0 saturated heterocycles. The number of rotatable bonds is 5. The van der Waals surface area contributed by atoms with Crippen molar-refractivity contribution in [2.24, 2.45) is 11.7 Å². The quantitative estimate of drug-likeness (QED) is 0.889. The van der Waals surface area contributed by atoms with E-state index in [-0.39, 0.29) is 18.1 Å². The number of nitrogens with one attached hydrogen (secondary N) is 1. The highest BCUT2D eigenvalue weighted by atomic mass is 19.2. The van der Waals surface area contributed by atoms with Gasteiger partial charge >= 0.3 is 0 Å². The Bertz CT molecular complexity index is 617. The summed E-state index contributed by atoms with van der Waals surface area (Å²) in [5.41, 5.74) is 6.84. The first-order valence-corrected chi connectivity index (χ1v) is 6.60. The molecule has 1 unspecified atom stereocenters. The van der Waals surface area contributed by atoms with Crippen LogP contribution in [-0.2, 0) is 11.2 Å². The molecule has 1 atom stereocenters. The Morgan fingerprint density at radius 3 is 2.43 bits per heavy atom. The topological polar surface area (TPSA) is 55.1 Å². The first-order chi connectivity index (χ1) is 10.1. The van der Waals surface area contributed by atoms with Crippen LogP contribution in [0.25, 0.3) is 0 Å². The molecule has 0 aliphatic carbocycles. The van der Waals surface area contributed by atoms with Crippen LogP contribution in [0.2, 0.25) is 0 Å². The average Bonchev–Trinajstić information content (AvgIpc) is 2.49. The van der Waals surface area contributed by atoms with E-state index >= 15 is 0 Å². The Kier molecular flexibility index (Phi) is 5.00. The number of nitrogens with two attached hydrogens (primary N) is 1. The maximum Gasteiger partial charge on any atom is 0.229 e. The molecule has 2 aromatic rings. The zero-order valence-corrected chi connectivity index (χ0v) is 11.4. The normalized spacial score (nSPS) is 12.0. The Balaban J connectivity index is 2.04. The maximum absolute atomic E-state index is 13.1. The van der Waals surface area contributed by atoms with Gasteiger partial charge in [-0.3, -0.25) is 4.79 Å². The van der Waals surface area contributed by atoms with E-state index in [1.165, 1.54) is 6.07 Å². The second-order valence-electron chi connectivity index (χ2n) is 4.74. The van der Waals surface area contributed by atoms with Crippen LogP contribution < -0.4 is 11.1 Å². The Morgan fingerprint density at radius 2 is 1.81 bits per heavy atom. The van der Waals surface area contributed by atoms with Crippen LogP contribution in [0.1, 0.15) is 5.56 Å². The summed E-state index contributed by atoms with van der Waals surface area (Å²) >= 11 is 0. The van der Waals surface area contributed by atoms with Crippen LogP contribution >= 0.6 is 0 Å². The van der Waals surface area contributed by atoms with Crippen LogP contribution in [0.3, 0.4) is 0 Å². The zero-order valence-electron chi connectivity index (χ0n) is 11.4.